The molecule has 2 N–H and O–H groups in total. The molecule has 1 aromatic heterocycles. The van der Waals surface area contributed by atoms with Crippen LogP contribution in [0.2, 0.25) is 5.02 Å². The Hall–Kier alpha value is -2.86. The molecule has 0 fully saturated rings. The van der Waals surface area contributed by atoms with Gasteiger partial charge in [0.25, 0.3) is 5.91 Å². The van der Waals surface area contributed by atoms with E-state index in [4.69, 9.17) is 22.1 Å². The average Bonchev–Trinajstić information content (AvgIpc) is 2.96. The molecule has 0 aliphatic heterocycles. The number of anilines is 1. The van der Waals surface area contributed by atoms with E-state index in [9.17, 15) is 4.79 Å². The van der Waals surface area contributed by atoms with Crippen LogP contribution < -0.4 is 10.5 Å². The second-order valence-corrected chi connectivity index (χ2v) is 5.19. The first-order valence-electron chi connectivity index (χ1n) is 6.75. The molecule has 23 heavy (non-hydrogen) atoms. The van der Waals surface area contributed by atoms with Crippen LogP contribution in [0.15, 0.2) is 48.5 Å². The van der Waals surface area contributed by atoms with Crippen LogP contribution in [-0.2, 0) is 0 Å². The van der Waals surface area contributed by atoms with E-state index in [0.717, 1.165) is 4.68 Å². The van der Waals surface area contributed by atoms with E-state index in [1.165, 1.54) is 0 Å². The molecular formula is C16H13ClN4O2. The summed E-state index contributed by atoms with van der Waals surface area (Å²) in [5.74, 6) is 0.645. The van der Waals surface area contributed by atoms with Gasteiger partial charge in [0.05, 0.1) is 7.11 Å². The number of ether oxygens (including phenoxy) is 1. The Balaban J connectivity index is 1.95. The molecule has 116 valence electrons. The molecule has 0 radical (unpaired) electrons. The van der Waals surface area contributed by atoms with Crippen LogP contribution in [-0.4, -0.2) is 27.8 Å². The van der Waals surface area contributed by atoms with Gasteiger partial charge >= 0.3 is 0 Å². The van der Waals surface area contributed by atoms with Gasteiger partial charge in [-0.05, 0) is 36.4 Å². The van der Waals surface area contributed by atoms with Crippen molar-refractivity contribution in [2.45, 2.75) is 0 Å². The molecule has 0 unspecified atom stereocenters. The summed E-state index contributed by atoms with van der Waals surface area (Å²) in [4.78, 5) is 16.6. The summed E-state index contributed by atoms with van der Waals surface area (Å²) in [5.41, 5.74) is 6.94. The molecule has 0 saturated heterocycles. The summed E-state index contributed by atoms with van der Waals surface area (Å²) in [6.07, 6.45) is 0. The van der Waals surface area contributed by atoms with Crippen molar-refractivity contribution in [3.05, 3.63) is 59.1 Å². The zero-order valence-corrected chi connectivity index (χ0v) is 13.0. The maximum absolute atomic E-state index is 12.5. The fourth-order valence-electron chi connectivity index (χ4n) is 2.08. The Morgan fingerprint density at radius 2 is 1.96 bits per heavy atom. The fourth-order valence-corrected chi connectivity index (χ4v) is 2.27. The minimum atomic E-state index is -0.370. The van der Waals surface area contributed by atoms with E-state index in [2.05, 4.69) is 10.1 Å². The van der Waals surface area contributed by atoms with Crippen molar-refractivity contribution < 1.29 is 9.53 Å². The smallest absolute Gasteiger partial charge is 0.281 e. The van der Waals surface area contributed by atoms with Crippen LogP contribution in [0.25, 0.3) is 11.4 Å². The number of rotatable bonds is 3. The van der Waals surface area contributed by atoms with E-state index >= 15 is 0 Å². The van der Waals surface area contributed by atoms with Gasteiger partial charge in [0.15, 0.2) is 5.82 Å². The number of nitrogen functional groups attached to an aromatic ring is 1. The van der Waals surface area contributed by atoms with Gasteiger partial charge in [0.2, 0.25) is 5.95 Å². The maximum Gasteiger partial charge on any atom is 0.281 e. The number of aromatic nitrogens is 3. The zero-order valence-electron chi connectivity index (χ0n) is 12.2. The average molecular weight is 329 g/mol. The molecule has 0 aliphatic carbocycles. The summed E-state index contributed by atoms with van der Waals surface area (Å²) < 4.78 is 6.14. The number of methoxy groups -OCH3 is 1. The molecule has 1 heterocycles. The molecule has 0 atom stereocenters. The summed E-state index contributed by atoms with van der Waals surface area (Å²) in [5, 5.41) is 4.74. The molecule has 0 aliphatic rings. The van der Waals surface area contributed by atoms with Gasteiger partial charge < -0.3 is 10.5 Å². The lowest BCUT2D eigenvalue weighted by atomic mass is 10.2. The minimum absolute atomic E-state index is 0.0146. The van der Waals surface area contributed by atoms with Crippen molar-refractivity contribution in [2.24, 2.45) is 0 Å². The summed E-state index contributed by atoms with van der Waals surface area (Å²) >= 11 is 5.96. The highest BCUT2D eigenvalue weighted by molar-refractivity contribution is 6.30. The summed E-state index contributed by atoms with van der Waals surface area (Å²) in [7, 11) is 1.56. The highest BCUT2D eigenvalue weighted by Gasteiger charge is 2.17. The molecule has 0 amide bonds. The predicted octanol–water partition coefficient (Wildman–Crippen LogP) is 2.88. The number of carbonyl (C=O) groups excluding carboxylic acids is 1. The van der Waals surface area contributed by atoms with Crippen LogP contribution in [0.1, 0.15) is 10.4 Å². The molecular weight excluding hydrogens is 316 g/mol. The standard InChI is InChI=1S/C16H13ClN4O2/c1-23-13-7-5-10(6-8-13)15(22)21-16(18)19-14(20-21)11-3-2-4-12(17)9-11/h2-9H,1H3,(H2,18,19,20). The van der Waals surface area contributed by atoms with Gasteiger partial charge in [0.1, 0.15) is 5.75 Å². The first-order chi connectivity index (χ1) is 11.1. The Labute approximate surface area is 137 Å². The summed E-state index contributed by atoms with van der Waals surface area (Å²) in [6.45, 7) is 0. The first kappa shape index (κ1) is 15.1. The Bertz CT molecular complexity index is 859. The lowest BCUT2D eigenvalue weighted by Crippen LogP contribution is -2.16. The lowest BCUT2D eigenvalue weighted by Gasteiger charge is -2.03. The normalized spacial score (nSPS) is 10.5. The molecule has 3 aromatic rings. The topological polar surface area (TPSA) is 83.0 Å². The third kappa shape index (κ3) is 3.02. The predicted molar refractivity (Wildman–Crippen MR) is 87.6 cm³/mol. The zero-order chi connectivity index (χ0) is 16.4. The van der Waals surface area contributed by atoms with Gasteiger partial charge in [-0.1, -0.05) is 23.7 Å². The minimum Gasteiger partial charge on any atom is -0.497 e. The lowest BCUT2D eigenvalue weighted by molar-refractivity contribution is 0.0948. The van der Waals surface area contributed by atoms with Crippen molar-refractivity contribution in [1.82, 2.24) is 14.8 Å². The van der Waals surface area contributed by atoms with Crippen molar-refractivity contribution in [1.29, 1.82) is 0 Å². The second-order valence-electron chi connectivity index (χ2n) is 4.75. The van der Waals surface area contributed by atoms with E-state index in [0.29, 0.717) is 27.7 Å². The molecule has 6 nitrogen and oxygen atoms in total. The largest absolute Gasteiger partial charge is 0.497 e. The van der Waals surface area contributed by atoms with Crippen LogP contribution in [0.5, 0.6) is 5.75 Å². The van der Waals surface area contributed by atoms with Crippen molar-refractivity contribution in [3.8, 4) is 17.1 Å². The molecule has 3 rings (SSSR count). The van der Waals surface area contributed by atoms with Gasteiger partial charge in [-0.2, -0.15) is 9.67 Å². The van der Waals surface area contributed by atoms with Gasteiger partial charge in [-0.3, -0.25) is 4.79 Å². The molecule has 0 saturated carbocycles. The van der Waals surface area contributed by atoms with Gasteiger partial charge in [-0.15, -0.1) is 5.10 Å². The van der Waals surface area contributed by atoms with E-state index in [1.807, 2.05) is 0 Å². The number of nitrogens with two attached hydrogens (primary N) is 1. The van der Waals surface area contributed by atoms with Crippen molar-refractivity contribution in [3.63, 3.8) is 0 Å². The Morgan fingerprint density at radius 1 is 1.22 bits per heavy atom. The molecule has 0 spiro atoms. The van der Waals surface area contributed by atoms with Crippen LogP contribution in [0.4, 0.5) is 5.95 Å². The number of carbonyl (C=O) groups is 1. The second kappa shape index (κ2) is 6.10. The highest BCUT2D eigenvalue weighted by atomic mass is 35.5. The number of hydrogen-bond acceptors (Lipinski definition) is 5. The van der Waals surface area contributed by atoms with Crippen molar-refractivity contribution in [2.75, 3.05) is 12.8 Å². The quantitative estimate of drug-likeness (QED) is 0.799. The number of benzene rings is 2. The summed E-state index contributed by atoms with van der Waals surface area (Å²) in [6, 6.07) is 13.7. The monoisotopic (exact) mass is 328 g/mol. The SMILES string of the molecule is COc1ccc(C(=O)n2nc(-c3cccc(Cl)c3)nc2N)cc1. The number of halogens is 1. The maximum atomic E-state index is 12.5. The third-order valence-electron chi connectivity index (χ3n) is 3.24. The third-order valence-corrected chi connectivity index (χ3v) is 3.48. The van der Waals surface area contributed by atoms with E-state index in [-0.39, 0.29) is 11.9 Å². The highest BCUT2D eigenvalue weighted by Crippen LogP contribution is 2.21. The fraction of sp³-hybridized carbons (Fsp3) is 0.0625. The van der Waals surface area contributed by atoms with E-state index < -0.39 is 0 Å². The molecule has 7 heteroatoms. The first-order valence-corrected chi connectivity index (χ1v) is 7.13. The Kier molecular flexibility index (Phi) is 3.99. The number of nitrogens with zero attached hydrogens (tertiary/aromatic N) is 3. The Morgan fingerprint density at radius 3 is 2.61 bits per heavy atom. The van der Waals surface area contributed by atoms with Crippen LogP contribution in [0, 0.1) is 0 Å². The number of hydrogen-bond donors (Lipinski definition) is 1. The van der Waals surface area contributed by atoms with Crippen molar-refractivity contribution >= 4 is 23.5 Å². The molecule has 2 aromatic carbocycles. The van der Waals surface area contributed by atoms with Gasteiger partial charge in [-0.25, -0.2) is 0 Å². The van der Waals surface area contributed by atoms with Gasteiger partial charge in [0, 0.05) is 16.1 Å². The van der Waals surface area contributed by atoms with Crippen LogP contribution >= 0.6 is 11.6 Å². The van der Waals surface area contributed by atoms with Crippen LogP contribution in [0.3, 0.4) is 0 Å². The molecule has 0 bridgehead atoms. The van der Waals surface area contributed by atoms with E-state index in [1.54, 1.807) is 55.6 Å².